The zero-order chi connectivity index (χ0) is 15.5. The lowest BCUT2D eigenvalue weighted by Crippen LogP contribution is -2.36. The minimum absolute atomic E-state index is 0.0203. The molecule has 2 atom stereocenters. The summed E-state index contributed by atoms with van der Waals surface area (Å²) in [7, 11) is 0. The Morgan fingerprint density at radius 3 is 2.55 bits per heavy atom. The van der Waals surface area contributed by atoms with Gasteiger partial charge in [-0.25, -0.2) is 4.99 Å². The molecule has 2 aromatic carbocycles. The minimum Gasteiger partial charge on any atom is -0.508 e. The van der Waals surface area contributed by atoms with Crippen LogP contribution in [0.3, 0.4) is 0 Å². The van der Waals surface area contributed by atoms with Crippen molar-refractivity contribution in [2.45, 2.75) is 11.9 Å². The first-order valence-electron chi connectivity index (χ1n) is 6.48. The molecule has 7 heteroatoms. The fourth-order valence-corrected chi connectivity index (χ4v) is 3.23. The summed E-state index contributed by atoms with van der Waals surface area (Å²) in [6, 6.07) is 9.41. The van der Waals surface area contributed by atoms with Gasteiger partial charge in [0.25, 0.3) is 12.4 Å². The van der Waals surface area contributed by atoms with E-state index in [0.717, 1.165) is 4.47 Å². The summed E-state index contributed by atoms with van der Waals surface area (Å²) in [5, 5.41) is 9.78. The molecule has 2 aliphatic heterocycles. The maximum Gasteiger partial charge on any atom is 0.286 e. The highest BCUT2D eigenvalue weighted by molar-refractivity contribution is 9.10. The normalized spacial score (nSPS) is 25.0. The second-order valence-corrected chi connectivity index (χ2v) is 5.99. The van der Waals surface area contributed by atoms with E-state index in [2.05, 4.69) is 20.9 Å². The third-order valence-corrected chi connectivity index (χ3v) is 4.28. The van der Waals surface area contributed by atoms with Gasteiger partial charge in [-0.15, -0.1) is 0 Å². The number of hydrogen-bond acceptors (Lipinski definition) is 5. The molecule has 0 amide bonds. The maximum absolute atomic E-state index is 14.8. The summed E-state index contributed by atoms with van der Waals surface area (Å²) in [4.78, 5) is 4.21. The van der Waals surface area contributed by atoms with Gasteiger partial charge >= 0.3 is 0 Å². The molecule has 1 spiro atoms. The summed E-state index contributed by atoms with van der Waals surface area (Å²) >= 11 is 3.36. The maximum atomic E-state index is 14.8. The van der Waals surface area contributed by atoms with Crippen molar-refractivity contribution in [3.05, 3.63) is 52.0 Å². The fourth-order valence-electron chi connectivity index (χ4n) is 2.86. The molecule has 0 radical (unpaired) electrons. The first-order valence-corrected chi connectivity index (χ1v) is 7.27. The zero-order valence-electron chi connectivity index (χ0n) is 11.1. The number of alkyl halides is 1. The van der Waals surface area contributed by atoms with Crippen LogP contribution in [0.25, 0.3) is 0 Å². The van der Waals surface area contributed by atoms with E-state index >= 15 is 0 Å². The molecular formula is C15H10BrFN2O3. The zero-order valence-corrected chi connectivity index (χ0v) is 12.7. The van der Waals surface area contributed by atoms with Gasteiger partial charge < -0.3 is 20.3 Å². The highest BCUT2D eigenvalue weighted by Gasteiger charge is 2.55. The lowest BCUT2D eigenvalue weighted by atomic mass is 9.80. The van der Waals surface area contributed by atoms with Crippen LogP contribution in [0, 0.1) is 0 Å². The Hall–Kier alpha value is -2.28. The van der Waals surface area contributed by atoms with Crippen molar-refractivity contribution < 1.29 is 19.0 Å². The number of hydrogen-bond donors (Lipinski definition) is 2. The molecule has 112 valence electrons. The van der Waals surface area contributed by atoms with E-state index in [1.165, 1.54) is 12.1 Å². The van der Waals surface area contributed by atoms with Gasteiger partial charge in [0.1, 0.15) is 17.2 Å². The molecule has 2 aromatic rings. The van der Waals surface area contributed by atoms with Gasteiger partial charge in [-0.05, 0) is 36.4 Å². The standard InChI is InChI=1S/C15H10BrFN2O3/c16-7-1-3-11-9(5-7)15(13(17)22-14(18)19-15)10-6-8(20)2-4-12(10)21-11/h1-6,13,20H,(H2,18,19). The van der Waals surface area contributed by atoms with Gasteiger partial charge in [0.05, 0.1) is 0 Å². The molecule has 0 fully saturated rings. The molecule has 2 unspecified atom stereocenters. The summed E-state index contributed by atoms with van der Waals surface area (Å²) in [5.74, 6) is 0.844. The van der Waals surface area contributed by atoms with Crippen LogP contribution in [0.5, 0.6) is 17.2 Å². The predicted octanol–water partition coefficient (Wildman–Crippen LogP) is 3.14. The summed E-state index contributed by atoms with van der Waals surface area (Å²) < 4.78 is 26.3. The number of phenols is 1. The van der Waals surface area contributed by atoms with Crippen molar-refractivity contribution in [3.63, 3.8) is 0 Å². The number of phenolic OH excluding ortho intramolecular Hbond substituents is 1. The van der Waals surface area contributed by atoms with Crippen LogP contribution in [0.1, 0.15) is 11.1 Å². The lowest BCUT2D eigenvalue weighted by molar-refractivity contribution is 0.0218. The van der Waals surface area contributed by atoms with Gasteiger partial charge in [-0.2, -0.15) is 4.39 Å². The molecule has 0 bridgehead atoms. The second kappa shape index (κ2) is 4.36. The smallest absolute Gasteiger partial charge is 0.286 e. The van der Waals surface area contributed by atoms with Crippen molar-refractivity contribution in [1.82, 2.24) is 0 Å². The molecule has 4 rings (SSSR count). The monoisotopic (exact) mass is 364 g/mol. The lowest BCUT2D eigenvalue weighted by Gasteiger charge is -2.34. The first kappa shape index (κ1) is 13.4. The van der Waals surface area contributed by atoms with Crippen LogP contribution in [0.2, 0.25) is 0 Å². The second-order valence-electron chi connectivity index (χ2n) is 5.07. The van der Waals surface area contributed by atoms with Gasteiger partial charge in [0, 0.05) is 15.6 Å². The Labute approximate surface area is 133 Å². The third kappa shape index (κ3) is 1.65. The van der Waals surface area contributed by atoms with E-state index in [1.807, 2.05) is 0 Å². The Bertz CT molecular complexity index is 773. The summed E-state index contributed by atoms with van der Waals surface area (Å²) in [6.07, 6.45) is -1.81. The largest absolute Gasteiger partial charge is 0.508 e. The molecule has 22 heavy (non-hydrogen) atoms. The number of rotatable bonds is 0. The molecule has 0 aliphatic carbocycles. The first-order chi connectivity index (χ1) is 10.5. The Morgan fingerprint density at radius 1 is 1.18 bits per heavy atom. The molecule has 0 saturated carbocycles. The number of nitrogens with two attached hydrogens (primary N) is 1. The van der Waals surface area contributed by atoms with Crippen LogP contribution in [0.15, 0.2) is 45.9 Å². The van der Waals surface area contributed by atoms with E-state index in [0.29, 0.717) is 22.6 Å². The molecule has 0 aromatic heterocycles. The van der Waals surface area contributed by atoms with E-state index in [-0.39, 0.29) is 11.8 Å². The Kier molecular flexibility index (Phi) is 2.65. The highest BCUT2D eigenvalue weighted by Crippen LogP contribution is 2.54. The molecule has 3 N–H and O–H groups in total. The SMILES string of the molecule is NC1=NC2(c3cc(O)ccc3Oc3ccc(Br)cc32)C(F)O1. The van der Waals surface area contributed by atoms with E-state index in [1.54, 1.807) is 24.3 Å². The number of aliphatic imine (C=N–C) groups is 1. The third-order valence-electron chi connectivity index (χ3n) is 3.79. The average molecular weight is 365 g/mol. The van der Waals surface area contributed by atoms with E-state index in [9.17, 15) is 9.50 Å². The van der Waals surface area contributed by atoms with Crippen molar-refractivity contribution in [3.8, 4) is 17.2 Å². The molecular weight excluding hydrogens is 355 g/mol. The number of ether oxygens (including phenoxy) is 2. The quantitative estimate of drug-likeness (QED) is 0.752. The number of benzene rings is 2. The summed E-state index contributed by atoms with van der Waals surface area (Å²) in [6.45, 7) is 0. The van der Waals surface area contributed by atoms with Crippen LogP contribution < -0.4 is 10.5 Å². The number of fused-ring (bicyclic) bond motifs is 4. The molecule has 5 nitrogen and oxygen atoms in total. The number of halogens is 2. The van der Waals surface area contributed by atoms with Gasteiger partial charge in [-0.3, -0.25) is 0 Å². The average Bonchev–Trinajstić information content (AvgIpc) is 2.77. The van der Waals surface area contributed by atoms with Gasteiger partial charge in [0.15, 0.2) is 5.54 Å². The van der Waals surface area contributed by atoms with Crippen molar-refractivity contribution in [2.75, 3.05) is 0 Å². The molecule has 0 saturated heterocycles. The van der Waals surface area contributed by atoms with Crippen LogP contribution in [-0.2, 0) is 10.3 Å². The van der Waals surface area contributed by atoms with Crippen LogP contribution in [-0.4, -0.2) is 17.5 Å². The van der Waals surface area contributed by atoms with Gasteiger partial charge in [0.2, 0.25) is 0 Å². The number of amidine groups is 1. The minimum atomic E-state index is -1.81. The Balaban J connectivity index is 2.08. The Morgan fingerprint density at radius 2 is 1.86 bits per heavy atom. The van der Waals surface area contributed by atoms with Crippen molar-refractivity contribution in [2.24, 2.45) is 10.7 Å². The molecule has 2 heterocycles. The van der Waals surface area contributed by atoms with Crippen molar-refractivity contribution >= 4 is 22.0 Å². The topological polar surface area (TPSA) is 77.1 Å². The van der Waals surface area contributed by atoms with Crippen LogP contribution >= 0.6 is 15.9 Å². The highest BCUT2D eigenvalue weighted by atomic mass is 79.9. The van der Waals surface area contributed by atoms with Gasteiger partial charge in [-0.1, -0.05) is 15.9 Å². The summed E-state index contributed by atoms with van der Waals surface area (Å²) in [5.41, 5.74) is 4.95. The number of nitrogens with zero attached hydrogens (tertiary/aromatic N) is 1. The predicted molar refractivity (Wildman–Crippen MR) is 80.7 cm³/mol. The fraction of sp³-hybridized carbons (Fsp3) is 0.133. The van der Waals surface area contributed by atoms with E-state index in [4.69, 9.17) is 15.2 Å². The van der Waals surface area contributed by atoms with Crippen molar-refractivity contribution in [1.29, 1.82) is 0 Å². The van der Waals surface area contributed by atoms with E-state index < -0.39 is 11.9 Å². The molecule has 2 aliphatic rings. The number of aromatic hydroxyl groups is 1. The van der Waals surface area contributed by atoms with Crippen LogP contribution in [0.4, 0.5) is 4.39 Å².